The molecule has 228 valence electrons. The lowest BCUT2D eigenvalue weighted by Crippen LogP contribution is -2.40. The summed E-state index contributed by atoms with van der Waals surface area (Å²) >= 11 is 1.18. The van der Waals surface area contributed by atoms with Gasteiger partial charge in [0.2, 0.25) is 0 Å². The number of methoxy groups -OCH3 is 2. The van der Waals surface area contributed by atoms with E-state index >= 15 is 0 Å². The number of ether oxygens (including phenoxy) is 6. The average Bonchev–Trinajstić information content (AvgIpc) is 3.27. The summed E-state index contributed by atoms with van der Waals surface area (Å²) in [5, 5.41) is 0. The fraction of sp³-hybridized carbons (Fsp3) is 0.355. The highest BCUT2D eigenvalue weighted by Crippen LogP contribution is 2.36. The molecule has 12 heteroatoms. The molecule has 0 saturated heterocycles. The summed E-state index contributed by atoms with van der Waals surface area (Å²) in [5.41, 5.74) is 1.56. The summed E-state index contributed by atoms with van der Waals surface area (Å²) in [6.07, 6.45) is 0.685. The molecule has 0 saturated carbocycles. The summed E-state index contributed by atoms with van der Waals surface area (Å²) in [6.45, 7) is 7.64. The second-order valence-corrected chi connectivity index (χ2v) is 10.6. The van der Waals surface area contributed by atoms with E-state index < -0.39 is 18.2 Å². The molecule has 0 unspecified atom stereocenters. The Bertz CT molecular complexity index is 1700. The van der Waals surface area contributed by atoms with Crippen molar-refractivity contribution in [3.05, 3.63) is 84.5 Å². The van der Waals surface area contributed by atoms with E-state index in [9.17, 15) is 14.4 Å². The number of esters is 1. The largest absolute Gasteiger partial charge is 0.513 e. The van der Waals surface area contributed by atoms with E-state index in [1.807, 2.05) is 32.0 Å². The number of rotatable bonds is 11. The third kappa shape index (κ3) is 7.15. The summed E-state index contributed by atoms with van der Waals surface area (Å²) in [4.78, 5) is 44.3. The second kappa shape index (κ2) is 14.2. The van der Waals surface area contributed by atoms with E-state index in [0.717, 1.165) is 0 Å². The maximum atomic E-state index is 14.0. The van der Waals surface area contributed by atoms with Crippen LogP contribution in [0.15, 0.2) is 63.5 Å². The van der Waals surface area contributed by atoms with Crippen molar-refractivity contribution >= 4 is 29.5 Å². The first-order valence-corrected chi connectivity index (χ1v) is 14.5. The van der Waals surface area contributed by atoms with Crippen LogP contribution in [-0.2, 0) is 19.0 Å². The topological polar surface area (TPSA) is 124 Å². The van der Waals surface area contributed by atoms with Crippen LogP contribution < -0.4 is 29.1 Å². The third-order valence-corrected chi connectivity index (χ3v) is 7.26. The van der Waals surface area contributed by atoms with Crippen molar-refractivity contribution in [3.63, 3.8) is 0 Å². The highest BCUT2D eigenvalue weighted by atomic mass is 32.1. The number of para-hydroxylation sites is 1. The van der Waals surface area contributed by atoms with Crippen molar-refractivity contribution in [1.29, 1.82) is 0 Å². The standard InChI is InChI=1S/C31H34N2O9S/c1-7-39-31(36)42-23-13-12-20(16-24(23)38-6)17-25-28(34)33-27(21-10-8-9-11-22(21)41-18(2)3)26(19(4)32-30(33)43-25)29(35)40-15-14-37-5/h8-13,16-18,27H,7,14-15H2,1-6H3/b25-17+/t27-/m1/s1. The molecule has 0 amide bonds. The lowest BCUT2D eigenvalue weighted by Gasteiger charge is -2.27. The second-order valence-electron chi connectivity index (χ2n) is 9.61. The molecule has 11 nitrogen and oxygen atoms in total. The minimum Gasteiger partial charge on any atom is -0.493 e. The van der Waals surface area contributed by atoms with Crippen LogP contribution in [0.2, 0.25) is 0 Å². The first-order valence-electron chi connectivity index (χ1n) is 13.6. The van der Waals surface area contributed by atoms with Crippen LogP contribution in [0, 0.1) is 0 Å². The molecule has 2 heterocycles. The smallest absolute Gasteiger partial charge is 0.493 e. The molecule has 2 aromatic carbocycles. The fourth-order valence-electron chi connectivity index (χ4n) is 4.49. The number of fused-ring (bicyclic) bond motifs is 1. The molecule has 0 fully saturated rings. The number of benzene rings is 2. The van der Waals surface area contributed by atoms with E-state index in [2.05, 4.69) is 4.99 Å². The number of thiazole rings is 1. The van der Waals surface area contributed by atoms with E-state index in [0.29, 0.717) is 31.9 Å². The lowest BCUT2D eigenvalue weighted by molar-refractivity contribution is -0.140. The average molecular weight is 611 g/mol. The number of carbonyl (C=O) groups excluding carboxylic acids is 2. The van der Waals surface area contributed by atoms with Gasteiger partial charge < -0.3 is 28.4 Å². The Hall–Kier alpha value is -4.42. The number of nitrogens with zero attached hydrogens (tertiary/aromatic N) is 2. The van der Waals surface area contributed by atoms with E-state index in [4.69, 9.17) is 28.4 Å². The van der Waals surface area contributed by atoms with Gasteiger partial charge in [0.25, 0.3) is 5.56 Å². The molecule has 0 N–H and O–H groups in total. The normalized spacial score (nSPS) is 14.7. The van der Waals surface area contributed by atoms with Crippen molar-refractivity contribution in [3.8, 4) is 17.2 Å². The third-order valence-electron chi connectivity index (χ3n) is 6.28. The molecular formula is C31H34N2O9S. The predicted molar refractivity (Wildman–Crippen MR) is 159 cm³/mol. The van der Waals surface area contributed by atoms with Gasteiger partial charge in [0.1, 0.15) is 18.4 Å². The first kappa shape index (κ1) is 31.5. The van der Waals surface area contributed by atoms with Crippen LogP contribution in [0.1, 0.15) is 44.9 Å². The summed E-state index contributed by atoms with van der Waals surface area (Å²) in [7, 11) is 2.96. The first-order chi connectivity index (χ1) is 20.7. The van der Waals surface area contributed by atoms with E-state index in [1.165, 1.54) is 30.1 Å². The molecule has 3 aromatic rings. The monoisotopic (exact) mass is 610 g/mol. The minimum atomic E-state index is -0.851. The summed E-state index contributed by atoms with van der Waals surface area (Å²) < 4.78 is 33.9. The van der Waals surface area contributed by atoms with Gasteiger partial charge in [-0.25, -0.2) is 14.6 Å². The van der Waals surface area contributed by atoms with Crippen LogP contribution in [0.5, 0.6) is 17.2 Å². The van der Waals surface area contributed by atoms with Crippen LogP contribution in [0.4, 0.5) is 4.79 Å². The number of hydrogen-bond acceptors (Lipinski definition) is 11. The molecule has 1 aromatic heterocycles. The van der Waals surface area contributed by atoms with Gasteiger partial charge in [-0.2, -0.15) is 0 Å². The van der Waals surface area contributed by atoms with Crippen molar-refractivity contribution < 1.29 is 38.0 Å². The fourth-order valence-corrected chi connectivity index (χ4v) is 5.53. The van der Waals surface area contributed by atoms with Crippen molar-refractivity contribution in [2.45, 2.75) is 39.8 Å². The van der Waals surface area contributed by atoms with Crippen LogP contribution in [-0.4, -0.2) is 56.8 Å². The Morgan fingerprint density at radius 3 is 2.51 bits per heavy atom. The molecule has 43 heavy (non-hydrogen) atoms. The number of hydrogen-bond donors (Lipinski definition) is 0. The van der Waals surface area contributed by atoms with E-state index in [-0.39, 0.29) is 48.6 Å². The Kier molecular flexibility index (Phi) is 10.4. The SMILES string of the molecule is CCOC(=O)Oc1ccc(/C=c2/sc3n(c2=O)[C@H](c2ccccc2OC(C)C)C(C(=O)OCCOC)=C(C)N=3)cc1OC. The quantitative estimate of drug-likeness (QED) is 0.181. The zero-order valence-corrected chi connectivity index (χ0v) is 25.7. The molecular weight excluding hydrogens is 576 g/mol. The van der Waals surface area contributed by atoms with Crippen LogP contribution >= 0.6 is 11.3 Å². The predicted octanol–water partition coefficient (Wildman–Crippen LogP) is 3.76. The summed E-state index contributed by atoms with van der Waals surface area (Å²) in [6, 6.07) is 11.3. The molecule has 0 aliphatic carbocycles. The molecule has 1 aliphatic rings. The number of aromatic nitrogens is 1. The maximum absolute atomic E-state index is 14.0. The van der Waals surface area contributed by atoms with Gasteiger partial charge in [0, 0.05) is 12.7 Å². The van der Waals surface area contributed by atoms with Gasteiger partial charge >= 0.3 is 12.1 Å². The van der Waals surface area contributed by atoms with Gasteiger partial charge in [0.15, 0.2) is 16.3 Å². The number of carbonyl (C=O) groups is 2. The van der Waals surface area contributed by atoms with Gasteiger partial charge in [-0.05, 0) is 57.5 Å². The van der Waals surface area contributed by atoms with Gasteiger partial charge in [-0.1, -0.05) is 35.6 Å². The number of allylic oxidation sites excluding steroid dienone is 1. The Labute approximate surface area is 252 Å². The van der Waals surface area contributed by atoms with Crippen molar-refractivity contribution in [1.82, 2.24) is 4.57 Å². The van der Waals surface area contributed by atoms with Gasteiger partial charge in [-0.15, -0.1) is 0 Å². The molecule has 1 aliphatic heterocycles. The van der Waals surface area contributed by atoms with Crippen LogP contribution in [0.25, 0.3) is 6.08 Å². The molecule has 0 radical (unpaired) electrons. The van der Waals surface area contributed by atoms with Crippen molar-refractivity contribution in [2.24, 2.45) is 4.99 Å². The lowest BCUT2D eigenvalue weighted by atomic mass is 9.95. The van der Waals surface area contributed by atoms with Gasteiger partial charge in [-0.3, -0.25) is 9.36 Å². The molecule has 0 spiro atoms. The van der Waals surface area contributed by atoms with Gasteiger partial charge in [0.05, 0.1) is 42.2 Å². The Balaban J connectivity index is 1.85. The highest BCUT2D eigenvalue weighted by Gasteiger charge is 2.35. The molecule has 4 rings (SSSR count). The minimum absolute atomic E-state index is 0.0467. The van der Waals surface area contributed by atoms with Crippen molar-refractivity contribution in [2.75, 3.05) is 34.0 Å². The Morgan fingerprint density at radius 1 is 1.05 bits per heavy atom. The van der Waals surface area contributed by atoms with Crippen LogP contribution in [0.3, 0.4) is 0 Å². The molecule has 1 atom stereocenters. The Morgan fingerprint density at radius 2 is 1.81 bits per heavy atom. The van der Waals surface area contributed by atoms with E-state index in [1.54, 1.807) is 44.2 Å². The maximum Gasteiger partial charge on any atom is 0.513 e. The highest BCUT2D eigenvalue weighted by molar-refractivity contribution is 7.07. The summed E-state index contributed by atoms with van der Waals surface area (Å²) in [5.74, 6) is 0.396. The molecule has 0 bridgehead atoms. The zero-order valence-electron chi connectivity index (χ0n) is 24.9. The zero-order chi connectivity index (χ0) is 31.1.